The number of carbonyl (C=O) groups excluding carboxylic acids is 2. The van der Waals surface area contributed by atoms with E-state index < -0.39 is 0 Å². The van der Waals surface area contributed by atoms with Crippen molar-refractivity contribution in [1.29, 1.82) is 0 Å². The fourth-order valence-electron chi connectivity index (χ4n) is 3.84. The lowest BCUT2D eigenvalue weighted by Crippen LogP contribution is -2.43. The van der Waals surface area contributed by atoms with Gasteiger partial charge in [0.25, 0.3) is 5.91 Å². The number of amides is 1. The highest BCUT2D eigenvalue weighted by Gasteiger charge is 2.28. The van der Waals surface area contributed by atoms with Gasteiger partial charge in [0.2, 0.25) is 0 Å². The standard InChI is InChI=1S/C26H26N2O3S/c1-26(2)15-19-10-11-20(31-3)13-22(19)23(28-26)14-24(29)17-6-8-18(9-7-17)25(30)27-16-21-5-4-12-32-21/h4-14,28H,15-16H2,1-3H3,(H,27,30)/b23-14-. The normalized spacial score (nSPS) is 15.5. The van der Waals surface area contributed by atoms with Crippen LogP contribution in [0.5, 0.6) is 5.75 Å². The van der Waals surface area contributed by atoms with Crippen molar-refractivity contribution in [2.75, 3.05) is 7.11 Å². The zero-order chi connectivity index (χ0) is 22.7. The number of hydrogen-bond donors (Lipinski definition) is 2. The molecule has 2 aromatic carbocycles. The Morgan fingerprint density at radius 3 is 2.56 bits per heavy atom. The molecule has 1 aromatic heterocycles. The zero-order valence-electron chi connectivity index (χ0n) is 18.4. The van der Waals surface area contributed by atoms with Gasteiger partial charge in [-0.1, -0.05) is 24.3 Å². The molecule has 5 nitrogen and oxygen atoms in total. The van der Waals surface area contributed by atoms with E-state index in [-0.39, 0.29) is 17.2 Å². The van der Waals surface area contributed by atoms with Gasteiger partial charge in [-0.05, 0) is 61.5 Å². The van der Waals surface area contributed by atoms with Gasteiger partial charge in [0, 0.05) is 38.9 Å². The summed E-state index contributed by atoms with van der Waals surface area (Å²) in [6.07, 6.45) is 2.48. The van der Waals surface area contributed by atoms with Crippen LogP contribution in [0, 0.1) is 0 Å². The number of methoxy groups -OCH3 is 1. The molecule has 6 heteroatoms. The second-order valence-corrected chi connectivity index (χ2v) is 9.50. The van der Waals surface area contributed by atoms with Gasteiger partial charge in [-0.2, -0.15) is 0 Å². The van der Waals surface area contributed by atoms with Crippen LogP contribution in [0.1, 0.15) is 50.6 Å². The van der Waals surface area contributed by atoms with Crippen molar-refractivity contribution in [3.8, 4) is 5.75 Å². The van der Waals surface area contributed by atoms with Crippen molar-refractivity contribution in [3.63, 3.8) is 0 Å². The van der Waals surface area contributed by atoms with Crippen LogP contribution in [-0.2, 0) is 13.0 Å². The number of ether oxygens (including phenoxy) is 1. The van der Waals surface area contributed by atoms with Crippen LogP contribution in [-0.4, -0.2) is 24.3 Å². The first-order valence-corrected chi connectivity index (χ1v) is 11.3. The number of allylic oxidation sites excluding steroid dienone is 1. The average molecular weight is 447 g/mol. The van der Waals surface area contributed by atoms with Gasteiger partial charge in [0.1, 0.15) is 5.75 Å². The Kier molecular flexibility index (Phi) is 6.15. The van der Waals surface area contributed by atoms with Gasteiger partial charge in [-0.15, -0.1) is 11.3 Å². The summed E-state index contributed by atoms with van der Waals surface area (Å²) >= 11 is 1.60. The molecule has 2 heterocycles. The third-order valence-electron chi connectivity index (χ3n) is 5.42. The average Bonchev–Trinajstić information content (AvgIpc) is 3.30. The fourth-order valence-corrected chi connectivity index (χ4v) is 4.48. The number of rotatable bonds is 6. The number of hydrogen-bond acceptors (Lipinski definition) is 5. The predicted molar refractivity (Wildman–Crippen MR) is 128 cm³/mol. The third kappa shape index (κ3) is 4.92. The van der Waals surface area contributed by atoms with Gasteiger partial charge < -0.3 is 15.4 Å². The van der Waals surface area contributed by atoms with E-state index in [1.807, 2.05) is 29.6 Å². The molecule has 2 N–H and O–H groups in total. The van der Waals surface area contributed by atoms with E-state index in [0.29, 0.717) is 17.7 Å². The molecule has 164 valence electrons. The topological polar surface area (TPSA) is 67.4 Å². The zero-order valence-corrected chi connectivity index (χ0v) is 19.2. The molecule has 1 aliphatic rings. The minimum Gasteiger partial charge on any atom is -0.497 e. The Bertz CT molecular complexity index is 1160. The number of benzene rings is 2. The summed E-state index contributed by atoms with van der Waals surface area (Å²) < 4.78 is 5.37. The molecule has 0 spiro atoms. The maximum Gasteiger partial charge on any atom is 0.251 e. The Labute approximate surface area is 192 Å². The van der Waals surface area contributed by atoms with E-state index in [1.165, 1.54) is 5.56 Å². The van der Waals surface area contributed by atoms with Gasteiger partial charge in [0.15, 0.2) is 5.78 Å². The lowest BCUT2D eigenvalue weighted by atomic mass is 9.85. The second-order valence-electron chi connectivity index (χ2n) is 8.47. The molecular weight excluding hydrogens is 420 g/mol. The number of fused-ring (bicyclic) bond motifs is 1. The smallest absolute Gasteiger partial charge is 0.251 e. The van der Waals surface area contributed by atoms with Crippen molar-refractivity contribution in [3.05, 3.63) is 93.2 Å². The molecule has 0 atom stereocenters. The maximum absolute atomic E-state index is 13.0. The highest BCUT2D eigenvalue weighted by Crippen LogP contribution is 2.32. The molecule has 1 aliphatic heterocycles. The summed E-state index contributed by atoms with van der Waals surface area (Å²) in [5, 5.41) is 8.36. The minimum atomic E-state index is -0.168. The van der Waals surface area contributed by atoms with E-state index in [0.717, 1.165) is 28.3 Å². The monoisotopic (exact) mass is 446 g/mol. The van der Waals surface area contributed by atoms with E-state index in [9.17, 15) is 9.59 Å². The number of thiophene rings is 1. The summed E-state index contributed by atoms with van der Waals surface area (Å²) in [5.74, 6) is 0.471. The van der Waals surface area contributed by atoms with Crippen molar-refractivity contribution in [2.45, 2.75) is 32.4 Å². The van der Waals surface area contributed by atoms with E-state index >= 15 is 0 Å². The molecule has 1 amide bonds. The van der Waals surface area contributed by atoms with Gasteiger partial charge >= 0.3 is 0 Å². The maximum atomic E-state index is 13.0. The van der Waals surface area contributed by atoms with Crippen LogP contribution >= 0.6 is 11.3 Å². The summed E-state index contributed by atoms with van der Waals surface area (Å²) in [6.45, 7) is 4.72. The Hall–Kier alpha value is -3.38. The van der Waals surface area contributed by atoms with Crippen molar-refractivity contribution in [2.24, 2.45) is 0 Å². The van der Waals surface area contributed by atoms with Gasteiger partial charge in [-0.3, -0.25) is 9.59 Å². The lowest BCUT2D eigenvalue weighted by molar-refractivity contribution is 0.0950. The predicted octanol–water partition coefficient (Wildman–Crippen LogP) is 4.83. The van der Waals surface area contributed by atoms with Crippen LogP contribution in [0.3, 0.4) is 0 Å². The fraction of sp³-hybridized carbons (Fsp3) is 0.231. The first-order valence-electron chi connectivity index (χ1n) is 10.5. The quantitative estimate of drug-likeness (QED) is 0.420. The Morgan fingerprint density at radius 1 is 1.12 bits per heavy atom. The van der Waals surface area contributed by atoms with Crippen LogP contribution in [0.25, 0.3) is 5.70 Å². The van der Waals surface area contributed by atoms with Crippen LogP contribution in [0.15, 0.2) is 66.1 Å². The molecule has 32 heavy (non-hydrogen) atoms. The van der Waals surface area contributed by atoms with E-state index in [1.54, 1.807) is 48.8 Å². The van der Waals surface area contributed by atoms with Gasteiger partial charge in [-0.25, -0.2) is 0 Å². The molecule has 4 rings (SSSR count). The lowest BCUT2D eigenvalue weighted by Gasteiger charge is -2.35. The van der Waals surface area contributed by atoms with Crippen molar-refractivity contribution >= 4 is 28.7 Å². The molecule has 0 bridgehead atoms. The molecule has 0 saturated heterocycles. The van der Waals surface area contributed by atoms with Crippen molar-refractivity contribution in [1.82, 2.24) is 10.6 Å². The number of carbonyl (C=O) groups is 2. The molecule has 0 fully saturated rings. The minimum absolute atomic E-state index is 0.121. The molecular formula is C26H26N2O3S. The van der Waals surface area contributed by atoms with Gasteiger partial charge in [0.05, 0.1) is 13.7 Å². The summed E-state index contributed by atoms with van der Waals surface area (Å²) in [5.41, 5.74) is 3.81. The summed E-state index contributed by atoms with van der Waals surface area (Å²) in [6, 6.07) is 16.7. The first kappa shape index (κ1) is 21.8. The summed E-state index contributed by atoms with van der Waals surface area (Å²) in [4.78, 5) is 26.5. The largest absolute Gasteiger partial charge is 0.497 e. The third-order valence-corrected chi connectivity index (χ3v) is 6.30. The highest BCUT2D eigenvalue weighted by atomic mass is 32.1. The van der Waals surface area contributed by atoms with E-state index in [2.05, 4.69) is 30.5 Å². The van der Waals surface area contributed by atoms with Crippen LogP contribution in [0.4, 0.5) is 0 Å². The van der Waals surface area contributed by atoms with E-state index in [4.69, 9.17) is 4.74 Å². The SMILES string of the molecule is COc1ccc2c(c1)/C(=C/C(=O)c1ccc(C(=O)NCc3cccs3)cc1)NC(C)(C)C2. The van der Waals surface area contributed by atoms with Crippen LogP contribution < -0.4 is 15.4 Å². The molecule has 0 unspecified atom stereocenters. The highest BCUT2D eigenvalue weighted by molar-refractivity contribution is 7.09. The second kappa shape index (κ2) is 9.01. The molecule has 3 aromatic rings. The van der Waals surface area contributed by atoms with Crippen LogP contribution in [0.2, 0.25) is 0 Å². The Morgan fingerprint density at radius 2 is 1.88 bits per heavy atom. The van der Waals surface area contributed by atoms with Crippen molar-refractivity contribution < 1.29 is 14.3 Å². The number of nitrogens with one attached hydrogen (secondary N) is 2. The summed E-state index contributed by atoms with van der Waals surface area (Å²) in [7, 11) is 1.63. The molecule has 0 saturated carbocycles. The first-order chi connectivity index (χ1) is 15.3. The molecule has 0 radical (unpaired) electrons. The number of ketones is 1. The molecule has 0 aliphatic carbocycles. The Balaban J connectivity index is 1.52.